The summed E-state index contributed by atoms with van der Waals surface area (Å²) in [4.78, 5) is 30.2. The van der Waals surface area contributed by atoms with Crippen LogP contribution in [-0.2, 0) is 5.75 Å². The predicted molar refractivity (Wildman–Crippen MR) is 129 cm³/mol. The summed E-state index contributed by atoms with van der Waals surface area (Å²) in [6.45, 7) is 0. The summed E-state index contributed by atoms with van der Waals surface area (Å²) in [5.41, 5.74) is 2.91. The lowest BCUT2D eigenvalue weighted by Gasteiger charge is -2.06. The Morgan fingerprint density at radius 3 is 2.61 bits per heavy atom. The Bertz CT molecular complexity index is 1390. The van der Waals surface area contributed by atoms with Crippen LogP contribution in [0.2, 0.25) is 0 Å². The lowest BCUT2D eigenvalue weighted by atomic mass is 10.2. The average Bonchev–Trinajstić information content (AvgIpc) is 3.23. The zero-order valence-electron chi connectivity index (χ0n) is 17.2. The van der Waals surface area contributed by atoms with Crippen molar-refractivity contribution in [3.8, 4) is 5.75 Å². The summed E-state index contributed by atoms with van der Waals surface area (Å²) < 4.78 is 7.08. The standard InChI is InChI=1S/C22H16N4O5S2/c1-31-20-8-6-18(26(29)30)10-15(20)13-32-22-24-19-7-5-16(11-21(19)33-22)23-12-14-3-2-4-17(9-14)25(27)28/h2-12H,13H2,1H3. The number of ether oxygens (including phenoxy) is 1. The van der Waals surface area contributed by atoms with Gasteiger partial charge in [-0.15, -0.1) is 11.3 Å². The van der Waals surface area contributed by atoms with E-state index >= 15 is 0 Å². The number of methoxy groups -OCH3 is 1. The Morgan fingerprint density at radius 1 is 1.06 bits per heavy atom. The van der Waals surface area contributed by atoms with Crippen LogP contribution in [-0.4, -0.2) is 28.2 Å². The highest BCUT2D eigenvalue weighted by molar-refractivity contribution is 8.00. The molecule has 0 aliphatic carbocycles. The van der Waals surface area contributed by atoms with E-state index in [9.17, 15) is 20.2 Å². The third-order valence-corrected chi connectivity index (χ3v) is 6.83. The molecular weight excluding hydrogens is 464 g/mol. The van der Waals surface area contributed by atoms with Crippen molar-refractivity contribution in [3.63, 3.8) is 0 Å². The Balaban J connectivity index is 1.51. The van der Waals surface area contributed by atoms with Crippen molar-refractivity contribution < 1.29 is 14.6 Å². The van der Waals surface area contributed by atoms with Crippen molar-refractivity contribution >= 4 is 56.6 Å². The molecule has 0 saturated carbocycles. The Hall–Kier alpha value is -3.83. The van der Waals surface area contributed by atoms with E-state index in [-0.39, 0.29) is 11.4 Å². The monoisotopic (exact) mass is 480 g/mol. The highest BCUT2D eigenvalue weighted by Crippen LogP contribution is 2.36. The van der Waals surface area contributed by atoms with Crippen LogP contribution in [0.3, 0.4) is 0 Å². The number of thiazole rings is 1. The summed E-state index contributed by atoms with van der Waals surface area (Å²) in [6, 6.07) is 16.4. The van der Waals surface area contributed by atoms with Crippen LogP contribution >= 0.6 is 23.1 Å². The third-order valence-electron chi connectivity index (χ3n) is 4.62. The zero-order valence-corrected chi connectivity index (χ0v) is 18.8. The van der Waals surface area contributed by atoms with Crippen LogP contribution in [0.1, 0.15) is 11.1 Å². The van der Waals surface area contributed by atoms with Gasteiger partial charge in [-0.2, -0.15) is 0 Å². The summed E-state index contributed by atoms with van der Waals surface area (Å²) in [6.07, 6.45) is 1.58. The number of aliphatic imine (C=N–C) groups is 1. The molecule has 33 heavy (non-hydrogen) atoms. The van der Waals surface area contributed by atoms with Crippen molar-refractivity contribution in [2.75, 3.05) is 7.11 Å². The molecule has 0 N–H and O–H groups in total. The number of nitro benzene ring substituents is 2. The number of thioether (sulfide) groups is 1. The summed E-state index contributed by atoms with van der Waals surface area (Å²) in [5, 5.41) is 22.0. The number of nitro groups is 2. The van der Waals surface area contributed by atoms with E-state index in [0.717, 1.165) is 20.1 Å². The Labute approximate surface area is 196 Å². The lowest BCUT2D eigenvalue weighted by molar-refractivity contribution is -0.385. The molecule has 9 nitrogen and oxygen atoms in total. The molecule has 166 valence electrons. The Kier molecular flexibility index (Phi) is 6.61. The molecule has 1 aromatic heterocycles. The van der Waals surface area contributed by atoms with Crippen molar-refractivity contribution in [1.82, 2.24) is 4.98 Å². The third kappa shape index (κ3) is 5.33. The van der Waals surface area contributed by atoms with Crippen LogP contribution < -0.4 is 4.74 Å². The smallest absolute Gasteiger partial charge is 0.270 e. The van der Waals surface area contributed by atoms with Crippen molar-refractivity contribution in [1.29, 1.82) is 0 Å². The second-order valence-electron chi connectivity index (χ2n) is 6.78. The number of benzene rings is 3. The molecule has 0 spiro atoms. The molecule has 0 atom stereocenters. The van der Waals surface area contributed by atoms with Gasteiger partial charge in [-0.3, -0.25) is 25.2 Å². The summed E-state index contributed by atoms with van der Waals surface area (Å²) in [5.74, 6) is 1.06. The van der Waals surface area contributed by atoms with Gasteiger partial charge in [0.25, 0.3) is 11.4 Å². The fourth-order valence-electron chi connectivity index (χ4n) is 3.03. The van der Waals surface area contributed by atoms with Crippen molar-refractivity contribution in [3.05, 3.63) is 92.0 Å². The largest absolute Gasteiger partial charge is 0.496 e. The summed E-state index contributed by atoms with van der Waals surface area (Å²) >= 11 is 2.97. The predicted octanol–water partition coefficient (Wildman–Crippen LogP) is 6.16. The minimum absolute atomic E-state index is 0.0129. The van der Waals surface area contributed by atoms with E-state index in [2.05, 4.69) is 9.98 Å². The van der Waals surface area contributed by atoms with Gasteiger partial charge in [-0.05, 0) is 29.8 Å². The molecule has 1 heterocycles. The normalized spacial score (nSPS) is 11.2. The average molecular weight is 481 g/mol. The summed E-state index contributed by atoms with van der Waals surface area (Å²) in [7, 11) is 1.53. The number of aromatic nitrogens is 1. The molecule has 0 aliphatic rings. The molecular formula is C22H16N4O5S2. The molecule has 3 aromatic carbocycles. The van der Waals surface area contributed by atoms with Crippen LogP contribution in [0.4, 0.5) is 17.1 Å². The highest BCUT2D eigenvalue weighted by Gasteiger charge is 2.13. The van der Waals surface area contributed by atoms with Gasteiger partial charge in [-0.1, -0.05) is 23.9 Å². The molecule has 0 saturated heterocycles. The minimum atomic E-state index is -0.441. The number of rotatable bonds is 8. The molecule has 0 amide bonds. The molecule has 4 rings (SSSR count). The fraction of sp³-hybridized carbons (Fsp3) is 0.0909. The zero-order chi connectivity index (χ0) is 23.4. The van der Waals surface area contributed by atoms with Gasteiger partial charge in [0.15, 0.2) is 4.34 Å². The quantitative estimate of drug-likeness (QED) is 0.128. The van der Waals surface area contributed by atoms with E-state index in [4.69, 9.17) is 4.74 Å². The molecule has 4 aromatic rings. The molecule has 0 bridgehead atoms. The van der Waals surface area contributed by atoms with Crippen LogP contribution in [0.5, 0.6) is 5.75 Å². The number of hydrogen-bond donors (Lipinski definition) is 0. The van der Waals surface area contributed by atoms with E-state index < -0.39 is 9.85 Å². The molecule has 0 unspecified atom stereocenters. The highest BCUT2D eigenvalue weighted by atomic mass is 32.2. The second-order valence-corrected chi connectivity index (χ2v) is 9.04. The molecule has 11 heteroatoms. The number of fused-ring (bicyclic) bond motifs is 1. The lowest BCUT2D eigenvalue weighted by Crippen LogP contribution is -1.94. The number of non-ortho nitro benzene ring substituents is 2. The first-order chi connectivity index (χ1) is 15.9. The maximum atomic E-state index is 11.1. The maximum absolute atomic E-state index is 11.1. The van der Waals surface area contributed by atoms with Gasteiger partial charge in [0, 0.05) is 41.8 Å². The van der Waals surface area contributed by atoms with E-state index in [1.165, 1.54) is 54.5 Å². The van der Waals surface area contributed by atoms with Gasteiger partial charge in [0.1, 0.15) is 5.75 Å². The van der Waals surface area contributed by atoms with Gasteiger partial charge in [0.05, 0.1) is 32.9 Å². The minimum Gasteiger partial charge on any atom is -0.496 e. The maximum Gasteiger partial charge on any atom is 0.270 e. The Morgan fingerprint density at radius 2 is 1.85 bits per heavy atom. The van der Waals surface area contributed by atoms with Crippen LogP contribution in [0, 0.1) is 20.2 Å². The fourth-order valence-corrected chi connectivity index (χ4v) is 5.11. The first-order valence-electron chi connectivity index (χ1n) is 9.56. The van der Waals surface area contributed by atoms with Crippen LogP contribution in [0.25, 0.3) is 10.2 Å². The second kappa shape index (κ2) is 9.76. The van der Waals surface area contributed by atoms with E-state index in [1.807, 2.05) is 18.2 Å². The molecule has 0 fully saturated rings. The van der Waals surface area contributed by atoms with Crippen LogP contribution in [0.15, 0.2) is 70.0 Å². The number of hydrogen-bond acceptors (Lipinski definition) is 9. The topological polar surface area (TPSA) is 121 Å². The molecule has 0 aliphatic heterocycles. The van der Waals surface area contributed by atoms with Crippen molar-refractivity contribution in [2.24, 2.45) is 4.99 Å². The van der Waals surface area contributed by atoms with Gasteiger partial charge < -0.3 is 4.74 Å². The van der Waals surface area contributed by atoms with Gasteiger partial charge in [-0.25, -0.2) is 4.98 Å². The van der Waals surface area contributed by atoms with E-state index in [0.29, 0.717) is 22.8 Å². The van der Waals surface area contributed by atoms with Crippen molar-refractivity contribution in [2.45, 2.75) is 10.1 Å². The first kappa shape index (κ1) is 22.4. The molecule has 0 radical (unpaired) electrons. The van der Waals surface area contributed by atoms with Gasteiger partial charge >= 0.3 is 0 Å². The number of nitrogens with zero attached hydrogens (tertiary/aromatic N) is 4. The van der Waals surface area contributed by atoms with Gasteiger partial charge in [0.2, 0.25) is 0 Å². The van der Waals surface area contributed by atoms with E-state index in [1.54, 1.807) is 24.4 Å². The SMILES string of the molecule is COc1ccc([N+](=O)[O-])cc1CSc1nc2ccc(N=Cc3cccc([N+](=O)[O-])c3)cc2s1. The first-order valence-corrected chi connectivity index (χ1v) is 11.4.